The van der Waals surface area contributed by atoms with Crippen LogP contribution in [0.2, 0.25) is 0 Å². The highest BCUT2D eigenvalue weighted by Gasteiger charge is 2.56. The summed E-state index contributed by atoms with van der Waals surface area (Å²) in [5.41, 5.74) is 2.97. The van der Waals surface area contributed by atoms with Gasteiger partial charge in [0, 0.05) is 19.1 Å². The number of nitrogens with one attached hydrogen (secondary N) is 1. The van der Waals surface area contributed by atoms with E-state index in [1.165, 1.54) is 30.9 Å². The molecule has 24 heavy (non-hydrogen) atoms. The zero-order valence-electron chi connectivity index (χ0n) is 13.7. The molecule has 1 aliphatic heterocycles. The van der Waals surface area contributed by atoms with Crippen molar-refractivity contribution in [2.24, 2.45) is 5.41 Å². The Morgan fingerprint density at radius 3 is 2.67 bits per heavy atom. The van der Waals surface area contributed by atoms with Crippen LogP contribution in [0.25, 0.3) is 0 Å². The van der Waals surface area contributed by atoms with Crippen LogP contribution in [-0.2, 0) is 13.1 Å². The largest absolute Gasteiger partial charge is 0.317 e. The quantitative estimate of drug-likeness (QED) is 0.840. The molecule has 1 aromatic carbocycles. The zero-order chi connectivity index (χ0) is 15.7. The first-order valence-electron chi connectivity index (χ1n) is 8.45. The fourth-order valence-corrected chi connectivity index (χ4v) is 4.73. The number of hydrogen-bond acceptors (Lipinski definition) is 3. The second-order valence-electron chi connectivity index (χ2n) is 7.00. The van der Waals surface area contributed by atoms with Gasteiger partial charge in [-0.25, -0.2) is 4.39 Å². The average Bonchev–Trinajstić information content (AvgIpc) is 2.99. The molecule has 1 aromatic heterocycles. The third-order valence-electron chi connectivity index (χ3n) is 5.43. The fourth-order valence-electron chi connectivity index (χ4n) is 4.07. The van der Waals surface area contributed by atoms with Gasteiger partial charge in [-0.2, -0.15) is 11.3 Å². The molecule has 1 unspecified atom stereocenters. The minimum atomic E-state index is -0.134. The second kappa shape index (κ2) is 7.52. The standard InChI is InChI=1S/C19H23FN2S.ClH/c20-17-3-1-2-15(10-17)12-22(13-16-4-9-23-14-16)18-11-19(18)5-7-21-8-6-19;/h1-4,9-10,14,18,21H,5-8,11-13H2;1H. The van der Waals surface area contributed by atoms with Crippen molar-refractivity contribution in [3.8, 4) is 0 Å². The Labute approximate surface area is 153 Å². The molecule has 2 aliphatic rings. The van der Waals surface area contributed by atoms with E-state index in [1.807, 2.05) is 12.1 Å². The first-order chi connectivity index (χ1) is 11.3. The highest BCUT2D eigenvalue weighted by molar-refractivity contribution is 7.07. The summed E-state index contributed by atoms with van der Waals surface area (Å²) in [6.45, 7) is 4.10. The van der Waals surface area contributed by atoms with Crippen molar-refractivity contribution in [3.63, 3.8) is 0 Å². The van der Waals surface area contributed by atoms with Gasteiger partial charge in [-0.3, -0.25) is 4.90 Å². The van der Waals surface area contributed by atoms with Crippen molar-refractivity contribution in [1.82, 2.24) is 10.2 Å². The van der Waals surface area contributed by atoms with E-state index in [0.29, 0.717) is 11.5 Å². The van der Waals surface area contributed by atoms with Gasteiger partial charge in [0.15, 0.2) is 0 Å². The van der Waals surface area contributed by atoms with Gasteiger partial charge in [-0.15, -0.1) is 12.4 Å². The number of hydrogen-bond donors (Lipinski definition) is 1. The average molecular weight is 367 g/mol. The van der Waals surface area contributed by atoms with E-state index >= 15 is 0 Å². The molecule has 0 amide bonds. The van der Waals surface area contributed by atoms with E-state index in [2.05, 4.69) is 27.0 Å². The molecule has 130 valence electrons. The molecule has 1 saturated carbocycles. The number of rotatable bonds is 5. The van der Waals surface area contributed by atoms with Gasteiger partial charge in [0.05, 0.1) is 0 Å². The van der Waals surface area contributed by atoms with Gasteiger partial charge in [-0.05, 0) is 77.9 Å². The minimum Gasteiger partial charge on any atom is -0.317 e. The molecule has 0 bridgehead atoms. The van der Waals surface area contributed by atoms with Crippen molar-refractivity contribution in [2.45, 2.75) is 38.4 Å². The number of thiophene rings is 1. The number of benzene rings is 1. The molecule has 5 heteroatoms. The predicted octanol–water partition coefficient (Wildman–Crippen LogP) is 4.45. The van der Waals surface area contributed by atoms with Crippen LogP contribution in [0.4, 0.5) is 4.39 Å². The van der Waals surface area contributed by atoms with E-state index in [9.17, 15) is 4.39 Å². The molecule has 1 spiro atoms. The summed E-state index contributed by atoms with van der Waals surface area (Å²) >= 11 is 1.75. The lowest BCUT2D eigenvalue weighted by Crippen LogP contribution is -2.35. The zero-order valence-corrected chi connectivity index (χ0v) is 15.3. The van der Waals surface area contributed by atoms with Gasteiger partial charge >= 0.3 is 0 Å². The first kappa shape index (κ1) is 17.9. The second-order valence-corrected chi connectivity index (χ2v) is 7.78. The normalized spacial score (nSPS) is 21.7. The molecular formula is C19H24ClFN2S. The van der Waals surface area contributed by atoms with Crippen LogP contribution in [-0.4, -0.2) is 24.0 Å². The molecule has 2 nitrogen and oxygen atoms in total. The van der Waals surface area contributed by atoms with Gasteiger partial charge in [-0.1, -0.05) is 12.1 Å². The number of piperidine rings is 1. The third kappa shape index (κ3) is 3.83. The minimum absolute atomic E-state index is 0. The van der Waals surface area contributed by atoms with Gasteiger partial charge in [0.1, 0.15) is 5.82 Å². The molecule has 1 atom stereocenters. The van der Waals surface area contributed by atoms with Gasteiger partial charge < -0.3 is 5.32 Å². The van der Waals surface area contributed by atoms with Crippen molar-refractivity contribution in [1.29, 1.82) is 0 Å². The summed E-state index contributed by atoms with van der Waals surface area (Å²) < 4.78 is 13.5. The van der Waals surface area contributed by atoms with Crippen molar-refractivity contribution < 1.29 is 4.39 Å². The maximum atomic E-state index is 13.5. The van der Waals surface area contributed by atoms with Crippen LogP contribution in [0.3, 0.4) is 0 Å². The summed E-state index contributed by atoms with van der Waals surface area (Å²) in [4.78, 5) is 2.57. The Morgan fingerprint density at radius 1 is 1.17 bits per heavy atom. The van der Waals surface area contributed by atoms with Crippen LogP contribution in [0.5, 0.6) is 0 Å². The lowest BCUT2D eigenvalue weighted by molar-refractivity contribution is 0.188. The highest BCUT2D eigenvalue weighted by Crippen LogP contribution is 2.56. The van der Waals surface area contributed by atoms with Crippen LogP contribution < -0.4 is 5.32 Å². The van der Waals surface area contributed by atoms with Crippen LogP contribution in [0.1, 0.15) is 30.4 Å². The summed E-state index contributed by atoms with van der Waals surface area (Å²) in [5, 5.41) is 7.85. The molecule has 4 rings (SSSR count). The molecule has 1 aliphatic carbocycles. The van der Waals surface area contributed by atoms with Crippen LogP contribution in [0, 0.1) is 11.2 Å². The Bertz CT molecular complexity index is 655. The van der Waals surface area contributed by atoms with Gasteiger partial charge in [0.25, 0.3) is 0 Å². The summed E-state index contributed by atoms with van der Waals surface area (Å²) in [5.74, 6) is -0.134. The smallest absolute Gasteiger partial charge is 0.123 e. The topological polar surface area (TPSA) is 15.3 Å². The van der Waals surface area contributed by atoms with Crippen molar-refractivity contribution >= 4 is 23.7 Å². The summed E-state index contributed by atoms with van der Waals surface area (Å²) in [6, 6.07) is 9.92. The van der Waals surface area contributed by atoms with E-state index in [0.717, 1.165) is 31.7 Å². The lowest BCUT2D eigenvalue weighted by Gasteiger charge is -2.29. The summed E-state index contributed by atoms with van der Waals surface area (Å²) in [7, 11) is 0. The SMILES string of the molecule is Cl.Fc1cccc(CN(Cc2ccsc2)C2CC23CCNCC3)c1. The first-order valence-corrected chi connectivity index (χ1v) is 9.40. The molecular weight excluding hydrogens is 343 g/mol. The predicted molar refractivity (Wildman–Crippen MR) is 100 cm³/mol. The van der Waals surface area contributed by atoms with E-state index in [1.54, 1.807) is 17.4 Å². The van der Waals surface area contributed by atoms with Crippen molar-refractivity contribution in [2.75, 3.05) is 13.1 Å². The Hall–Kier alpha value is -0.940. The van der Waals surface area contributed by atoms with E-state index in [-0.39, 0.29) is 18.2 Å². The lowest BCUT2D eigenvalue weighted by atomic mass is 9.93. The Morgan fingerprint density at radius 2 is 1.96 bits per heavy atom. The molecule has 2 aromatic rings. The number of halogens is 2. The molecule has 2 fully saturated rings. The van der Waals surface area contributed by atoms with Gasteiger partial charge in [0.2, 0.25) is 0 Å². The van der Waals surface area contributed by atoms with Crippen LogP contribution in [0.15, 0.2) is 41.1 Å². The number of nitrogens with zero attached hydrogens (tertiary/aromatic N) is 1. The summed E-state index contributed by atoms with van der Waals surface area (Å²) in [6.07, 6.45) is 3.86. The van der Waals surface area contributed by atoms with E-state index < -0.39 is 0 Å². The third-order valence-corrected chi connectivity index (χ3v) is 6.16. The van der Waals surface area contributed by atoms with Crippen LogP contribution >= 0.6 is 23.7 Å². The Balaban J connectivity index is 0.00000169. The Kier molecular flexibility index (Phi) is 5.60. The fraction of sp³-hybridized carbons (Fsp3) is 0.474. The maximum absolute atomic E-state index is 13.5. The maximum Gasteiger partial charge on any atom is 0.123 e. The van der Waals surface area contributed by atoms with E-state index in [4.69, 9.17) is 0 Å². The molecule has 0 radical (unpaired) electrons. The molecule has 1 saturated heterocycles. The van der Waals surface area contributed by atoms with Crippen molar-refractivity contribution in [3.05, 3.63) is 58.0 Å². The molecule has 1 N–H and O–H groups in total. The molecule has 2 heterocycles. The monoisotopic (exact) mass is 366 g/mol. The highest BCUT2D eigenvalue weighted by atomic mass is 35.5.